The molecule has 0 aromatic heterocycles. The van der Waals surface area contributed by atoms with Gasteiger partial charge in [0.15, 0.2) is 11.5 Å². The average molecular weight is 428 g/mol. The summed E-state index contributed by atoms with van der Waals surface area (Å²) in [4.78, 5) is 24.2. The number of carbonyl (C=O) groups is 2. The maximum atomic E-state index is 12.9. The maximum absolute atomic E-state index is 12.9. The molecule has 2 rings (SSSR count). The van der Waals surface area contributed by atoms with E-state index in [0.717, 1.165) is 12.1 Å². The molecule has 0 aliphatic heterocycles. The molecule has 0 aliphatic rings. The smallest absolute Gasteiger partial charge is 0.338 e. The fourth-order valence-electron chi connectivity index (χ4n) is 2.32. The normalized spacial score (nSPS) is 13.5. The molecule has 0 unspecified atom stereocenters. The number of phenolic OH excluding ortho intramolecular Hbond substituents is 2. The van der Waals surface area contributed by atoms with Gasteiger partial charge in [0.05, 0.1) is 5.56 Å². The molecule has 0 fully saturated rings. The molecule has 2 aromatic rings. The van der Waals surface area contributed by atoms with Gasteiger partial charge in [0.25, 0.3) is 0 Å². The van der Waals surface area contributed by atoms with Crippen LogP contribution < -0.4 is 5.73 Å². The number of phenols is 2. The maximum Gasteiger partial charge on any atom is 0.338 e. The number of esters is 2. The van der Waals surface area contributed by atoms with Crippen LogP contribution in [0.25, 0.3) is 0 Å². The Kier molecular flexibility index (Phi) is 8.87. The first kappa shape index (κ1) is 24.2. The van der Waals surface area contributed by atoms with Crippen LogP contribution in [0.4, 0.5) is 4.39 Å². The van der Waals surface area contributed by atoms with Crippen molar-refractivity contribution < 1.29 is 33.7 Å². The largest absolute Gasteiger partial charge is 0.504 e. The lowest BCUT2D eigenvalue weighted by Crippen LogP contribution is -2.39. The van der Waals surface area contributed by atoms with Crippen LogP contribution in [-0.2, 0) is 20.7 Å². The van der Waals surface area contributed by atoms with E-state index in [0.29, 0.717) is 5.56 Å². The van der Waals surface area contributed by atoms with Gasteiger partial charge < -0.3 is 25.4 Å². The van der Waals surface area contributed by atoms with E-state index in [1.54, 1.807) is 13.8 Å². The minimum atomic E-state index is -1.01. The highest BCUT2D eigenvalue weighted by Crippen LogP contribution is 2.25. The molecule has 0 amide bonds. The van der Waals surface area contributed by atoms with E-state index in [-0.39, 0.29) is 35.9 Å². The molecular weight excluding hydrogens is 405 g/mol. The first-order valence-electron chi connectivity index (χ1n) is 8.61. The zero-order valence-corrected chi connectivity index (χ0v) is 16.7. The van der Waals surface area contributed by atoms with Crippen LogP contribution in [0.1, 0.15) is 29.8 Å². The van der Waals surface area contributed by atoms with Crippen molar-refractivity contribution >= 4 is 24.3 Å². The summed E-state index contributed by atoms with van der Waals surface area (Å²) in [6.07, 6.45) is -1.44. The Bertz CT molecular complexity index is 845. The van der Waals surface area contributed by atoms with Crippen LogP contribution in [0.2, 0.25) is 0 Å². The molecule has 7 nitrogen and oxygen atoms in total. The lowest BCUT2D eigenvalue weighted by atomic mass is 10.1. The zero-order chi connectivity index (χ0) is 20.8. The van der Waals surface area contributed by atoms with E-state index in [4.69, 9.17) is 15.2 Å². The van der Waals surface area contributed by atoms with Crippen LogP contribution >= 0.6 is 12.4 Å². The molecule has 0 bridgehead atoms. The Labute approximate surface area is 173 Å². The van der Waals surface area contributed by atoms with Gasteiger partial charge in [0.2, 0.25) is 0 Å². The second kappa shape index (κ2) is 10.6. The van der Waals surface area contributed by atoms with Crippen LogP contribution in [-0.4, -0.2) is 40.4 Å². The molecule has 158 valence electrons. The van der Waals surface area contributed by atoms with Crippen molar-refractivity contribution in [3.05, 3.63) is 59.4 Å². The third-order valence-electron chi connectivity index (χ3n) is 4.13. The van der Waals surface area contributed by atoms with Crippen molar-refractivity contribution in [2.24, 2.45) is 5.73 Å². The van der Waals surface area contributed by atoms with Gasteiger partial charge in [-0.3, -0.25) is 4.79 Å². The SMILES string of the molecule is C[C@@H](OC(=O)c1ccc(F)cc1)[C@@H](C)OC(=O)[C@@H](N)Cc1ccc(O)c(O)c1.Cl. The summed E-state index contributed by atoms with van der Waals surface area (Å²) < 4.78 is 23.4. The van der Waals surface area contributed by atoms with Crippen molar-refractivity contribution in [3.63, 3.8) is 0 Å². The lowest BCUT2D eigenvalue weighted by Gasteiger charge is -2.22. The van der Waals surface area contributed by atoms with Crippen molar-refractivity contribution in [2.45, 2.75) is 38.5 Å². The summed E-state index contributed by atoms with van der Waals surface area (Å²) in [6, 6.07) is 8.00. The van der Waals surface area contributed by atoms with Gasteiger partial charge in [-0.05, 0) is 62.2 Å². The highest BCUT2D eigenvalue weighted by Gasteiger charge is 2.24. The molecule has 29 heavy (non-hydrogen) atoms. The van der Waals surface area contributed by atoms with Crippen molar-refractivity contribution in [2.75, 3.05) is 0 Å². The Morgan fingerprint density at radius 2 is 1.59 bits per heavy atom. The van der Waals surface area contributed by atoms with Gasteiger partial charge in [0.1, 0.15) is 24.1 Å². The van der Waals surface area contributed by atoms with Gasteiger partial charge in [0, 0.05) is 0 Å². The highest BCUT2D eigenvalue weighted by atomic mass is 35.5. The Morgan fingerprint density at radius 1 is 1.00 bits per heavy atom. The van der Waals surface area contributed by atoms with Crippen molar-refractivity contribution in [1.29, 1.82) is 0 Å². The molecule has 0 saturated heterocycles. The molecular formula is C20H23ClFNO6. The summed E-state index contributed by atoms with van der Waals surface area (Å²) in [6.45, 7) is 3.11. The predicted molar refractivity (Wildman–Crippen MR) is 106 cm³/mol. The van der Waals surface area contributed by atoms with Gasteiger partial charge in [-0.2, -0.15) is 0 Å². The topological polar surface area (TPSA) is 119 Å². The van der Waals surface area contributed by atoms with Crippen molar-refractivity contribution in [1.82, 2.24) is 0 Å². The predicted octanol–water partition coefficient (Wildman–Crippen LogP) is 2.71. The summed E-state index contributed by atoms with van der Waals surface area (Å²) >= 11 is 0. The van der Waals surface area contributed by atoms with E-state index in [2.05, 4.69) is 0 Å². The number of nitrogens with two attached hydrogens (primary N) is 1. The minimum Gasteiger partial charge on any atom is -0.504 e. The quantitative estimate of drug-likeness (QED) is 0.459. The first-order chi connectivity index (χ1) is 13.2. The molecule has 9 heteroatoms. The summed E-state index contributed by atoms with van der Waals surface area (Å²) in [5.41, 5.74) is 6.55. The summed E-state index contributed by atoms with van der Waals surface area (Å²) in [5.74, 6) is -2.43. The highest BCUT2D eigenvalue weighted by molar-refractivity contribution is 5.89. The van der Waals surface area contributed by atoms with E-state index < -0.39 is 36.0 Å². The molecule has 0 heterocycles. The Morgan fingerprint density at radius 3 is 2.17 bits per heavy atom. The van der Waals surface area contributed by atoms with Crippen molar-refractivity contribution in [3.8, 4) is 11.5 Å². The van der Waals surface area contributed by atoms with Crippen LogP contribution in [0, 0.1) is 5.82 Å². The minimum absolute atomic E-state index is 0. The molecule has 2 aromatic carbocycles. The van der Waals surface area contributed by atoms with E-state index in [9.17, 15) is 24.2 Å². The number of aromatic hydroxyl groups is 2. The number of carbonyl (C=O) groups excluding carboxylic acids is 2. The van der Waals surface area contributed by atoms with Gasteiger partial charge in [-0.15, -0.1) is 12.4 Å². The monoisotopic (exact) mass is 427 g/mol. The van der Waals surface area contributed by atoms with E-state index in [1.165, 1.54) is 30.3 Å². The summed E-state index contributed by atoms with van der Waals surface area (Å²) in [7, 11) is 0. The van der Waals surface area contributed by atoms with Crippen LogP contribution in [0.15, 0.2) is 42.5 Å². The second-order valence-corrected chi connectivity index (χ2v) is 6.39. The number of ether oxygens (including phenoxy) is 2. The fourth-order valence-corrected chi connectivity index (χ4v) is 2.32. The van der Waals surface area contributed by atoms with E-state index >= 15 is 0 Å². The molecule has 3 atom stereocenters. The molecule has 0 saturated carbocycles. The second-order valence-electron chi connectivity index (χ2n) is 6.39. The third-order valence-corrected chi connectivity index (χ3v) is 4.13. The van der Waals surface area contributed by atoms with Gasteiger partial charge >= 0.3 is 11.9 Å². The number of halogens is 2. The first-order valence-corrected chi connectivity index (χ1v) is 8.61. The van der Waals surface area contributed by atoms with Crippen LogP contribution in [0.3, 0.4) is 0 Å². The molecule has 0 radical (unpaired) electrons. The number of hydrogen-bond donors (Lipinski definition) is 3. The van der Waals surface area contributed by atoms with E-state index in [1.807, 2.05) is 0 Å². The Balaban J connectivity index is 0.00000420. The molecule has 0 aliphatic carbocycles. The zero-order valence-electron chi connectivity index (χ0n) is 15.9. The molecule has 4 N–H and O–H groups in total. The van der Waals surface area contributed by atoms with Gasteiger partial charge in [-0.1, -0.05) is 6.07 Å². The lowest BCUT2D eigenvalue weighted by molar-refractivity contribution is -0.154. The fraction of sp³-hybridized carbons (Fsp3) is 0.300. The standard InChI is InChI=1S/C20H22FNO6.ClH/c1-11(27-19(25)14-4-6-15(21)7-5-14)12(2)28-20(26)16(22)9-13-3-8-17(23)18(24)10-13;/h3-8,10-12,16,23-24H,9,22H2,1-2H3;1H/t11-,12-,16+;/m1./s1. The number of benzene rings is 2. The Hall–Kier alpha value is -2.84. The number of rotatable bonds is 7. The number of hydrogen-bond acceptors (Lipinski definition) is 7. The van der Waals surface area contributed by atoms with Gasteiger partial charge in [-0.25, -0.2) is 9.18 Å². The summed E-state index contributed by atoms with van der Waals surface area (Å²) in [5, 5.41) is 18.8. The average Bonchev–Trinajstić information content (AvgIpc) is 2.65. The third kappa shape index (κ3) is 6.92. The molecule has 0 spiro atoms. The van der Waals surface area contributed by atoms with Crippen LogP contribution in [0.5, 0.6) is 11.5 Å².